The number of ketones is 1. The largest absolute Gasteiger partial charge is 0.306 e. The molecule has 0 amide bonds. The molecule has 14 heavy (non-hydrogen) atoms. The quantitative estimate of drug-likeness (QED) is 0.630. The van der Waals surface area contributed by atoms with Crippen molar-refractivity contribution in [1.29, 1.82) is 0 Å². The van der Waals surface area contributed by atoms with Gasteiger partial charge in [-0.15, -0.1) is 0 Å². The summed E-state index contributed by atoms with van der Waals surface area (Å²) >= 11 is 6.41. The lowest BCUT2D eigenvalue weighted by Gasteiger charge is -1.97. The van der Waals surface area contributed by atoms with Crippen LogP contribution in [0.5, 0.6) is 0 Å². The molecule has 2 rings (SSSR count). The second-order valence-corrected chi connectivity index (χ2v) is 4.17. The third kappa shape index (κ3) is 1.74. The van der Waals surface area contributed by atoms with Crippen LogP contribution in [0.15, 0.2) is 29.1 Å². The first-order chi connectivity index (χ1) is 6.70. The third-order valence-corrected chi connectivity index (χ3v) is 2.77. The van der Waals surface area contributed by atoms with Crippen LogP contribution in [0.3, 0.4) is 0 Å². The minimum absolute atomic E-state index is 0.0617. The smallest absolute Gasteiger partial charge is 0.173 e. The minimum atomic E-state index is 0.0617. The first kappa shape index (κ1) is 9.86. The number of imidazole rings is 1. The second-order valence-electron chi connectivity index (χ2n) is 2.80. The molecule has 0 saturated carbocycles. The average molecular weight is 318 g/mol. The van der Waals surface area contributed by atoms with Crippen molar-refractivity contribution in [1.82, 2.24) is 9.38 Å². The van der Waals surface area contributed by atoms with E-state index in [0.29, 0.717) is 10.9 Å². The monoisotopic (exact) mass is 316 g/mol. The van der Waals surface area contributed by atoms with Crippen molar-refractivity contribution in [3.8, 4) is 0 Å². The average Bonchev–Trinajstić information content (AvgIpc) is 2.55. The van der Waals surface area contributed by atoms with Crippen LogP contribution in [0, 0.1) is 0 Å². The van der Waals surface area contributed by atoms with Crippen LogP contribution in [-0.4, -0.2) is 20.5 Å². The molecule has 72 valence electrons. The molecule has 2 aromatic rings. The predicted octanol–water partition coefficient (Wildman–Crippen LogP) is 2.67. The van der Waals surface area contributed by atoms with E-state index in [1.165, 1.54) is 0 Å². The van der Waals surface area contributed by atoms with E-state index in [1.807, 2.05) is 16.8 Å². The molecule has 0 aliphatic heterocycles. The predicted molar refractivity (Wildman–Crippen MR) is 61.0 cm³/mol. The number of Topliss-reactive ketones (excluding diaryl/α,β-unsaturated/α-hetero) is 1. The van der Waals surface area contributed by atoms with Crippen molar-refractivity contribution in [3.05, 3.63) is 34.7 Å². The molecule has 0 spiro atoms. The maximum absolute atomic E-state index is 11.4. The first-order valence-corrected chi connectivity index (χ1v) is 5.85. The van der Waals surface area contributed by atoms with Crippen molar-refractivity contribution in [2.45, 2.75) is 0 Å². The van der Waals surface area contributed by atoms with Gasteiger partial charge < -0.3 is 4.40 Å². The van der Waals surface area contributed by atoms with E-state index in [0.717, 1.165) is 10.3 Å². The number of carbonyl (C=O) groups excluding carboxylic acids is 1. The molecule has 3 nitrogen and oxygen atoms in total. The molecule has 5 heteroatoms. The molecule has 0 unspecified atom stereocenters. The molecular weight excluding hydrogens is 312 g/mol. The SMILES string of the molecule is O=C(CBr)c1ccn2cc(Br)nc2c1. The highest BCUT2D eigenvalue weighted by molar-refractivity contribution is 9.10. The van der Waals surface area contributed by atoms with Crippen molar-refractivity contribution in [3.63, 3.8) is 0 Å². The van der Waals surface area contributed by atoms with E-state index in [-0.39, 0.29) is 5.78 Å². The number of hydrogen-bond donors (Lipinski definition) is 0. The Labute approximate surface area is 97.4 Å². The van der Waals surface area contributed by atoms with Gasteiger partial charge in [-0.1, -0.05) is 15.9 Å². The second kappa shape index (κ2) is 3.82. The zero-order valence-corrected chi connectivity index (χ0v) is 10.2. The summed E-state index contributed by atoms with van der Waals surface area (Å²) in [6, 6.07) is 3.55. The summed E-state index contributed by atoms with van der Waals surface area (Å²) in [4.78, 5) is 15.6. The lowest BCUT2D eigenvalue weighted by molar-refractivity contribution is 0.102. The molecule has 0 N–H and O–H groups in total. The van der Waals surface area contributed by atoms with Gasteiger partial charge in [-0.2, -0.15) is 0 Å². The lowest BCUT2D eigenvalue weighted by Crippen LogP contribution is -2.00. The Morgan fingerprint density at radius 2 is 2.36 bits per heavy atom. The first-order valence-electron chi connectivity index (χ1n) is 3.94. The van der Waals surface area contributed by atoms with E-state index < -0.39 is 0 Å². The number of nitrogens with zero attached hydrogens (tertiary/aromatic N) is 2. The standard InChI is InChI=1S/C9H6Br2N2O/c10-4-7(14)6-1-2-13-5-8(11)12-9(13)3-6/h1-3,5H,4H2. The van der Waals surface area contributed by atoms with E-state index >= 15 is 0 Å². The van der Waals surface area contributed by atoms with Crippen molar-refractivity contribution < 1.29 is 4.79 Å². The molecule has 0 aliphatic rings. The molecule has 0 aliphatic carbocycles. The lowest BCUT2D eigenvalue weighted by atomic mass is 10.2. The Morgan fingerprint density at radius 3 is 3.07 bits per heavy atom. The number of halogens is 2. The number of hydrogen-bond acceptors (Lipinski definition) is 2. The van der Waals surface area contributed by atoms with Gasteiger partial charge in [-0.3, -0.25) is 4.79 Å². The van der Waals surface area contributed by atoms with E-state index in [9.17, 15) is 4.79 Å². The summed E-state index contributed by atoms with van der Waals surface area (Å²) < 4.78 is 2.62. The molecule has 2 aromatic heterocycles. The number of carbonyl (C=O) groups is 1. The van der Waals surface area contributed by atoms with Crippen LogP contribution >= 0.6 is 31.9 Å². The molecule has 0 aromatic carbocycles. The van der Waals surface area contributed by atoms with Crippen LogP contribution in [0.25, 0.3) is 5.65 Å². The van der Waals surface area contributed by atoms with E-state index in [1.54, 1.807) is 12.1 Å². The van der Waals surface area contributed by atoms with Gasteiger partial charge in [0.25, 0.3) is 0 Å². The Balaban J connectivity index is 2.55. The molecular formula is C9H6Br2N2O. The van der Waals surface area contributed by atoms with Gasteiger partial charge in [-0.25, -0.2) is 4.98 Å². The van der Waals surface area contributed by atoms with Gasteiger partial charge in [0.2, 0.25) is 0 Å². The minimum Gasteiger partial charge on any atom is -0.306 e. The highest BCUT2D eigenvalue weighted by Gasteiger charge is 2.05. The van der Waals surface area contributed by atoms with Gasteiger partial charge in [-0.05, 0) is 28.1 Å². The van der Waals surface area contributed by atoms with Gasteiger partial charge in [0.15, 0.2) is 5.78 Å². The summed E-state index contributed by atoms with van der Waals surface area (Å²) in [7, 11) is 0. The topological polar surface area (TPSA) is 34.4 Å². The fourth-order valence-corrected chi connectivity index (χ4v) is 1.93. The highest BCUT2D eigenvalue weighted by atomic mass is 79.9. The number of rotatable bonds is 2. The fraction of sp³-hybridized carbons (Fsp3) is 0.111. The van der Waals surface area contributed by atoms with Crippen LogP contribution in [0.1, 0.15) is 10.4 Å². The Kier molecular flexibility index (Phi) is 2.69. The van der Waals surface area contributed by atoms with Crippen LogP contribution < -0.4 is 0 Å². The van der Waals surface area contributed by atoms with Gasteiger partial charge in [0, 0.05) is 18.0 Å². The third-order valence-electron chi connectivity index (χ3n) is 1.87. The van der Waals surface area contributed by atoms with Crippen molar-refractivity contribution in [2.75, 3.05) is 5.33 Å². The summed E-state index contributed by atoms with van der Waals surface area (Å²) in [6.07, 6.45) is 3.67. The van der Waals surface area contributed by atoms with Gasteiger partial charge in [0.05, 0.1) is 5.33 Å². The maximum atomic E-state index is 11.4. The summed E-state index contributed by atoms with van der Waals surface area (Å²) in [5.74, 6) is 0.0617. The normalized spacial score (nSPS) is 10.7. The molecule has 0 fully saturated rings. The Hall–Kier alpha value is -0.680. The van der Waals surface area contributed by atoms with E-state index in [4.69, 9.17) is 0 Å². The van der Waals surface area contributed by atoms with E-state index in [2.05, 4.69) is 36.8 Å². The fourth-order valence-electron chi connectivity index (χ4n) is 1.20. The van der Waals surface area contributed by atoms with Gasteiger partial charge in [0.1, 0.15) is 10.3 Å². The molecule has 0 bridgehead atoms. The van der Waals surface area contributed by atoms with Crippen LogP contribution in [0.4, 0.5) is 0 Å². The van der Waals surface area contributed by atoms with Crippen molar-refractivity contribution in [2.24, 2.45) is 0 Å². The molecule has 0 radical (unpaired) electrons. The number of aromatic nitrogens is 2. The zero-order chi connectivity index (χ0) is 10.1. The van der Waals surface area contributed by atoms with Crippen molar-refractivity contribution >= 4 is 43.3 Å². The number of alkyl halides is 1. The maximum Gasteiger partial charge on any atom is 0.173 e. The molecule has 2 heterocycles. The molecule has 0 atom stereocenters. The number of fused-ring (bicyclic) bond motifs is 1. The summed E-state index contributed by atoms with van der Waals surface area (Å²) in [5.41, 5.74) is 1.44. The summed E-state index contributed by atoms with van der Waals surface area (Å²) in [5, 5.41) is 0.338. The zero-order valence-electron chi connectivity index (χ0n) is 7.08. The van der Waals surface area contributed by atoms with Crippen LogP contribution in [0.2, 0.25) is 0 Å². The highest BCUT2D eigenvalue weighted by Crippen LogP contribution is 2.13. The van der Waals surface area contributed by atoms with Crippen LogP contribution in [-0.2, 0) is 0 Å². The summed E-state index contributed by atoms with van der Waals surface area (Å²) in [6.45, 7) is 0. The van der Waals surface area contributed by atoms with Gasteiger partial charge >= 0.3 is 0 Å². The molecule has 0 saturated heterocycles. The Bertz CT molecular complexity index is 493. The number of pyridine rings is 1. The Morgan fingerprint density at radius 1 is 1.57 bits per heavy atom.